The van der Waals surface area contributed by atoms with Crippen molar-refractivity contribution in [3.63, 3.8) is 0 Å². The van der Waals surface area contributed by atoms with Crippen molar-refractivity contribution >= 4 is 32.4 Å². The molecular weight excluding hydrogens is 452 g/mol. The van der Waals surface area contributed by atoms with Gasteiger partial charge in [-0.15, -0.1) is 0 Å². The highest BCUT2D eigenvalue weighted by atomic mass is 32.2. The van der Waals surface area contributed by atoms with Crippen LogP contribution in [0.4, 0.5) is 0 Å². The number of aromatic nitrogens is 1. The fraction of sp³-hybridized carbons (Fsp3) is 0.115. The van der Waals surface area contributed by atoms with Gasteiger partial charge in [-0.2, -0.15) is 0 Å². The van der Waals surface area contributed by atoms with Crippen LogP contribution in [0.15, 0.2) is 82.6 Å². The fourth-order valence-electron chi connectivity index (χ4n) is 3.74. The lowest BCUT2D eigenvalue weighted by Gasteiger charge is -2.14. The number of hydrogen-bond donors (Lipinski definition) is 1. The summed E-state index contributed by atoms with van der Waals surface area (Å²) in [5.74, 6) is -1.11. The molecule has 1 amide bonds. The molecule has 4 aromatic rings. The second-order valence-electron chi connectivity index (χ2n) is 8.21. The third-order valence-electron chi connectivity index (χ3n) is 5.63. The Morgan fingerprint density at radius 1 is 0.912 bits per heavy atom. The largest absolute Gasteiger partial charge is 0.366 e. The highest BCUT2D eigenvalue weighted by Crippen LogP contribution is 2.19. The van der Waals surface area contributed by atoms with Crippen LogP contribution in [0, 0.1) is 6.92 Å². The van der Waals surface area contributed by atoms with Gasteiger partial charge in [-0.05, 0) is 42.8 Å². The number of fused-ring (bicyclic) bond motifs is 1. The van der Waals surface area contributed by atoms with Crippen molar-refractivity contribution in [2.45, 2.75) is 18.4 Å². The number of benzene rings is 3. The van der Waals surface area contributed by atoms with Crippen LogP contribution in [0.1, 0.15) is 37.4 Å². The monoisotopic (exact) mass is 474 g/mol. The van der Waals surface area contributed by atoms with Crippen molar-refractivity contribution < 1.29 is 18.0 Å². The molecule has 172 valence electrons. The Morgan fingerprint density at radius 3 is 2.12 bits per heavy atom. The number of hydrogen-bond acceptors (Lipinski definition) is 5. The molecular formula is C26H22N2O5S. The van der Waals surface area contributed by atoms with Crippen molar-refractivity contribution in [2.24, 2.45) is 5.73 Å². The maximum absolute atomic E-state index is 13.3. The summed E-state index contributed by atoms with van der Waals surface area (Å²) in [7, 11) is -3.33. The Hall–Kier alpha value is -4.04. The number of nitrogens with zero attached hydrogens (tertiary/aromatic N) is 1. The van der Waals surface area contributed by atoms with Gasteiger partial charge in [0.2, 0.25) is 11.3 Å². The maximum atomic E-state index is 13.3. The van der Waals surface area contributed by atoms with E-state index in [-0.39, 0.29) is 28.0 Å². The summed E-state index contributed by atoms with van der Waals surface area (Å²) in [6.45, 7) is 2.17. The van der Waals surface area contributed by atoms with E-state index in [4.69, 9.17) is 5.73 Å². The molecule has 0 fully saturated rings. The smallest absolute Gasteiger partial charge is 0.248 e. The topological polar surface area (TPSA) is 116 Å². The highest BCUT2D eigenvalue weighted by Gasteiger charge is 2.18. The molecule has 2 N–H and O–H groups in total. The molecule has 0 aliphatic heterocycles. The van der Waals surface area contributed by atoms with E-state index < -0.39 is 27.0 Å². The van der Waals surface area contributed by atoms with Gasteiger partial charge in [-0.1, -0.05) is 42.0 Å². The van der Waals surface area contributed by atoms with E-state index in [1.54, 1.807) is 47.0 Å². The quantitative estimate of drug-likeness (QED) is 0.431. The lowest BCUT2D eigenvalue weighted by Crippen LogP contribution is -2.21. The minimum absolute atomic E-state index is 0.0364. The lowest BCUT2D eigenvalue weighted by molar-refractivity contribution is 0.0998. The molecule has 4 rings (SSSR count). The van der Waals surface area contributed by atoms with Crippen LogP contribution < -0.4 is 11.2 Å². The van der Waals surface area contributed by atoms with E-state index in [0.717, 1.165) is 17.4 Å². The van der Waals surface area contributed by atoms with E-state index in [1.807, 2.05) is 6.92 Å². The molecule has 1 aromatic heterocycles. The highest BCUT2D eigenvalue weighted by molar-refractivity contribution is 7.90. The third-order valence-corrected chi connectivity index (χ3v) is 6.76. The maximum Gasteiger partial charge on any atom is 0.248 e. The van der Waals surface area contributed by atoms with Gasteiger partial charge in [0.1, 0.15) is 0 Å². The molecule has 7 nitrogen and oxygen atoms in total. The first-order valence-electron chi connectivity index (χ1n) is 10.4. The second-order valence-corrected chi connectivity index (χ2v) is 10.2. The molecule has 0 atom stereocenters. The average molecular weight is 475 g/mol. The third kappa shape index (κ3) is 4.53. The number of carbonyl (C=O) groups excluding carboxylic acids is 2. The number of rotatable bonds is 6. The molecule has 34 heavy (non-hydrogen) atoms. The van der Waals surface area contributed by atoms with Gasteiger partial charge in [0.15, 0.2) is 15.6 Å². The van der Waals surface area contributed by atoms with Gasteiger partial charge in [0, 0.05) is 35.5 Å². The van der Waals surface area contributed by atoms with Crippen molar-refractivity contribution in [1.29, 1.82) is 0 Å². The summed E-state index contributed by atoms with van der Waals surface area (Å²) in [4.78, 5) is 38.4. The zero-order chi connectivity index (χ0) is 24.6. The van der Waals surface area contributed by atoms with Gasteiger partial charge in [-0.25, -0.2) is 8.42 Å². The zero-order valence-electron chi connectivity index (χ0n) is 18.6. The minimum atomic E-state index is -3.33. The average Bonchev–Trinajstić information content (AvgIpc) is 2.80. The molecule has 0 aliphatic carbocycles. The number of ketones is 1. The van der Waals surface area contributed by atoms with Gasteiger partial charge in [-0.3, -0.25) is 14.4 Å². The molecule has 0 radical (unpaired) electrons. The van der Waals surface area contributed by atoms with Crippen LogP contribution in [-0.4, -0.2) is 30.9 Å². The summed E-state index contributed by atoms with van der Waals surface area (Å²) in [5.41, 5.74) is 7.68. The molecule has 0 saturated heterocycles. The zero-order valence-corrected chi connectivity index (χ0v) is 19.4. The minimum Gasteiger partial charge on any atom is -0.366 e. The van der Waals surface area contributed by atoms with E-state index in [0.29, 0.717) is 11.1 Å². The summed E-state index contributed by atoms with van der Waals surface area (Å²) < 4.78 is 25.3. The first-order valence-corrected chi connectivity index (χ1v) is 12.3. The number of amides is 1. The number of pyridine rings is 1. The van der Waals surface area contributed by atoms with Gasteiger partial charge in [0.25, 0.3) is 0 Å². The van der Waals surface area contributed by atoms with Crippen LogP contribution in [0.3, 0.4) is 0 Å². The van der Waals surface area contributed by atoms with Crippen LogP contribution in [0.25, 0.3) is 10.9 Å². The Morgan fingerprint density at radius 2 is 1.53 bits per heavy atom. The number of nitrogens with two attached hydrogens (primary N) is 1. The van der Waals surface area contributed by atoms with Crippen molar-refractivity contribution in [3.8, 4) is 0 Å². The normalized spacial score (nSPS) is 11.5. The van der Waals surface area contributed by atoms with Crippen molar-refractivity contribution in [1.82, 2.24) is 4.57 Å². The SMILES string of the molecule is Cc1ccc(C(=O)c2cn(Cc3ccc(S(C)(=O)=O)cc3)c3ccc(C(N)=O)cc3c2=O)cc1. The van der Waals surface area contributed by atoms with E-state index in [1.165, 1.54) is 30.5 Å². The number of sulfone groups is 1. The number of carbonyl (C=O) groups is 2. The van der Waals surface area contributed by atoms with Crippen LogP contribution in [0.2, 0.25) is 0 Å². The molecule has 0 unspecified atom stereocenters. The molecule has 0 aliphatic rings. The molecule has 1 heterocycles. The van der Waals surface area contributed by atoms with Crippen molar-refractivity contribution in [3.05, 3.63) is 111 Å². The van der Waals surface area contributed by atoms with E-state index >= 15 is 0 Å². The predicted octanol–water partition coefficient (Wildman–Crippen LogP) is 3.09. The predicted molar refractivity (Wildman–Crippen MR) is 130 cm³/mol. The Labute approximate surface area is 196 Å². The van der Waals surface area contributed by atoms with Crippen LogP contribution >= 0.6 is 0 Å². The molecule has 3 aromatic carbocycles. The summed E-state index contributed by atoms with van der Waals surface area (Å²) >= 11 is 0. The number of aryl methyl sites for hydroxylation is 1. The van der Waals surface area contributed by atoms with Crippen LogP contribution in [-0.2, 0) is 16.4 Å². The van der Waals surface area contributed by atoms with Gasteiger partial charge >= 0.3 is 0 Å². The Bertz CT molecular complexity index is 1600. The molecule has 0 saturated carbocycles. The lowest BCUT2D eigenvalue weighted by atomic mass is 10.00. The molecule has 8 heteroatoms. The summed E-state index contributed by atoms with van der Waals surface area (Å²) in [6, 6.07) is 17.8. The summed E-state index contributed by atoms with van der Waals surface area (Å²) in [6.07, 6.45) is 2.64. The van der Waals surface area contributed by atoms with E-state index in [2.05, 4.69) is 0 Å². The van der Waals surface area contributed by atoms with Gasteiger partial charge in [0.05, 0.1) is 16.0 Å². The molecule has 0 spiro atoms. The second kappa shape index (κ2) is 8.72. The van der Waals surface area contributed by atoms with Gasteiger partial charge < -0.3 is 10.3 Å². The Balaban J connectivity index is 1.88. The van der Waals surface area contributed by atoms with E-state index in [9.17, 15) is 22.8 Å². The standard InChI is InChI=1S/C26H22N2O5S/c1-16-3-7-18(8-4-16)24(29)22-15-28(14-17-5-10-20(11-6-17)34(2,32)33)23-12-9-19(26(27)31)13-21(23)25(22)30/h3-13,15H,14H2,1-2H3,(H2,27,31). The fourth-order valence-corrected chi connectivity index (χ4v) is 4.37. The van der Waals surface area contributed by atoms with Crippen molar-refractivity contribution in [2.75, 3.05) is 6.26 Å². The summed E-state index contributed by atoms with van der Waals surface area (Å²) in [5, 5.41) is 0.196. The molecule has 0 bridgehead atoms. The number of primary amides is 1. The first-order chi connectivity index (χ1) is 16.0. The first kappa shape index (κ1) is 23.1. The Kier molecular flexibility index (Phi) is 5.93. The van der Waals surface area contributed by atoms with Crippen LogP contribution in [0.5, 0.6) is 0 Å².